The van der Waals surface area contributed by atoms with Crippen LogP contribution in [0.4, 0.5) is 0 Å². The minimum Gasteiger partial charge on any atom is -0.379 e. The van der Waals surface area contributed by atoms with E-state index in [9.17, 15) is 0 Å². The summed E-state index contributed by atoms with van der Waals surface area (Å²) in [6, 6.07) is 0.420. The molecule has 17 heavy (non-hydrogen) atoms. The fourth-order valence-corrected chi connectivity index (χ4v) is 2.32. The zero-order valence-corrected chi connectivity index (χ0v) is 10.3. The third-order valence-corrected chi connectivity index (χ3v) is 3.30. The largest absolute Gasteiger partial charge is 0.379 e. The SMILES string of the molecule is NNC(=NC1CCCCC1)NN1CCOCC1. The van der Waals surface area contributed by atoms with E-state index >= 15 is 0 Å². The third-order valence-electron chi connectivity index (χ3n) is 3.30. The molecule has 0 atom stereocenters. The molecule has 0 aromatic rings. The van der Waals surface area contributed by atoms with Crippen molar-refractivity contribution in [2.45, 2.75) is 38.1 Å². The Hall–Kier alpha value is -0.850. The van der Waals surface area contributed by atoms with E-state index in [0.717, 1.165) is 26.3 Å². The zero-order chi connectivity index (χ0) is 11.9. The number of ether oxygens (including phenoxy) is 1. The Balaban J connectivity index is 1.83. The second-order valence-corrected chi connectivity index (χ2v) is 4.63. The van der Waals surface area contributed by atoms with Gasteiger partial charge in [-0.05, 0) is 12.8 Å². The number of nitrogens with zero attached hydrogens (tertiary/aromatic N) is 2. The predicted molar refractivity (Wildman–Crippen MR) is 67.2 cm³/mol. The Morgan fingerprint density at radius 2 is 1.88 bits per heavy atom. The van der Waals surface area contributed by atoms with Gasteiger partial charge in [0.2, 0.25) is 5.96 Å². The smallest absolute Gasteiger partial charge is 0.220 e. The van der Waals surface area contributed by atoms with Crippen LogP contribution in [0.15, 0.2) is 4.99 Å². The summed E-state index contributed by atoms with van der Waals surface area (Å²) in [6.07, 6.45) is 6.26. The summed E-state index contributed by atoms with van der Waals surface area (Å²) < 4.78 is 5.29. The molecule has 4 N–H and O–H groups in total. The van der Waals surface area contributed by atoms with Gasteiger partial charge in [-0.2, -0.15) is 0 Å². The highest BCUT2D eigenvalue weighted by molar-refractivity contribution is 5.78. The van der Waals surface area contributed by atoms with Crippen LogP contribution < -0.4 is 16.7 Å². The Kier molecular flexibility index (Phi) is 5.03. The van der Waals surface area contributed by atoms with Crippen molar-refractivity contribution in [1.29, 1.82) is 0 Å². The number of hydrogen-bond acceptors (Lipinski definition) is 4. The minimum atomic E-state index is 0.420. The van der Waals surface area contributed by atoms with Gasteiger partial charge >= 0.3 is 0 Å². The minimum absolute atomic E-state index is 0.420. The molecule has 0 bridgehead atoms. The Morgan fingerprint density at radius 3 is 2.53 bits per heavy atom. The number of hydrazine groups is 2. The van der Waals surface area contributed by atoms with Crippen molar-refractivity contribution in [2.24, 2.45) is 10.8 Å². The van der Waals surface area contributed by atoms with E-state index in [1.807, 2.05) is 0 Å². The number of nitrogens with two attached hydrogens (primary N) is 1. The quantitative estimate of drug-likeness (QED) is 0.274. The van der Waals surface area contributed by atoms with Gasteiger partial charge in [0.05, 0.1) is 19.3 Å². The van der Waals surface area contributed by atoms with Crippen molar-refractivity contribution < 1.29 is 4.74 Å². The molecular weight excluding hydrogens is 218 g/mol. The Morgan fingerprint density at radius 1 is 1.18 bits per heavy atom. The average molecular weight is 241 g/mol. The number of morpholine rings is 1. The lowest BCUT2D eigenvalue weighted by Crippen LogP contribution is -2.54. The lowest BCUT2D eigenvalue weighted by atomic mass is 9.96. The number of rotatable bonds is 2. The number of aliphatic imine (C=N–C) groups is 1. The highest BCUT2D eigenvalue weighted by atomic mass is 16.5. The van der Waals surface area contributed by atoms with Gasteiger partial charge in [0.15, 0.2) is 0 Å². The molecule has 1 heterocycles. The molecule has 6 heteroatoms. The first-order valence-electron chi connectivity index (χ1n) is 6.52. The second-order valence-electron chi connectivity index (χ2n) is 4.63. The number of nitrogens with one attached hydrogen (secondary N) is 2. The van der Waals surface area contributed by atoms with Crippen molar-refractivity contribution in [1.82, 2.24) is 15.9 Å². The van der Waals surface area contributed by atoms with Crippen molar-refractivity contribution in [2.75, 3.05) is 26.3 Å². The van der Waals surface area contributed by atoms with Crippen molar-refractivity contribution >= 4 is 5.96 Å². The summed E-state index contributed by atoms with van der Waals surface area (Å²) in [5, 5.41) is 2.09. The van der Waals surface area contributed by atoms with E-state index < -0.39 is 0 Å². The molecule has 2 fully saturated rings. The highest BCUT2D eigenvalue weighted by Gasteiger charge is 2.15. The van der Waals surface area contributed by atoms with Gasteiger partial charge in [-0.1, -0.05) is 19.3 Å². The molecule has 0 spiro atoms. The maximum atomic E-state index is 5.51. The van der Waals surface area contributed by atoms with Crippen LogP contribution in [0.1, 0.15) is 32.1 Å². The van der Waals surface area contributed by atoms with Crippen molar-refractivity contribution in [3.05, 3.63) is 0 Å². The van der Waals surface area contributed by atoms with Gasteiger partial charge in [0.25, 0.3) is 0 Å². The van der Waals surface area contributed by atoms with E-state index in [0.29, 0.717) is 12.0 Å². The molecular formula is C11H23N5O. The first-order chi connectivity index (χ1) is 8.38. The van der Waals surface area contributed by atoms with E-state index in [1.54, 1.807) is 0 Å². The second kappa shape index (κ2) is 6.78. The third kappa shape index (κ3) is 4.14. The van der Waals surface area contributed by atoms with Gasteiger partial charge in [-0.15, -0.1) is 0 Å². The van der Waals surface area contributed by atoms with Crippen LogP contribution in [0.2, 0.25) is 0 Å². The zero-order valence-electron chi connectivity index (χ0n) is 10.3. The van der Waals surface area contributed by atoms with Crippen LogP contribution in [-0.4, -0.2) is 43.3 Å². The fourth-order valence-electron chi connectivity index (χ4n) is 2.32. The number of guanidine groups is 1. The molecule has 0 unspecified atom stereocenters. The molecule has 0 amide bonds. The Bertz CT molecular complexity index is 246. The molecule has 1 aliphatic heterocycles. The topological polar surface area (TPSA) is 74.9 Å². The van der Waals surface area contributed by atoms with Crippen LogP contribution in [0.25, 0.3) is 0 Å². The monoisotopic (exact) mass is 241 g/mol. The van der Waals surface area contributed by atoms with E-state index in [-0.39, 0.29) is 0 Å². The Labute approximate surface area is 103 Å². The van der Waals surface area contributed by atoms with Crippen LogP contribution in [-0.2, 0) is 4.74 Å². The van der Waals surface area contributed by atoms with Gasteiger partial charge in [0.1, 0.15) is 0 Å². The van der Waals surface area contributed by atoms with E-state index in [1.165, 1.54) is 32.1 Å². The number of hydrogen-bond donors (Lipinski definition) is 3. The summed E-state index contributed by atoms with van der Waals surface area (Å²) >= 11 is 0. The molecule has 2 rings (SSSR count). The molecule has 0 radical (unpaired) electrons. The van der Waals surface area contributed by atoms with Crippen molar-refractivity contribution in [3.8, 4) is 0 Å². The van der Waals surface area contributed by atoms with Crippen LogP contribution in [0.3, 0.4) is 0 Å². The molecule has 0 aromatic carbocycles. The van der Waals surface area contributed by atoms with Gasteiger partial charge in [-0.25, -0.2) is 15.8 Å². The normalized spacial score (nSPS) is 24.6. The summed E-state index contributed by atoms with van der Waals surface area (Å²) in [5.74, 6) is 6.19. The lowest BCUT2D eigenvalue weighted by Gasteiger charge is -2.29. The van der Waals surface area contributed by atoms with Crippen LogP contribution in [0, 0.1) is 0 Å². The summed E-state index contributed by atoms with van der Waals surface area (Å²) in [6.45, 7) is 3.25. The van der Waals surface area contributed by atoms with Crippen LogP contribution >= 0.6 is 0 Å². The van der Waals surface area contributed by atoms with Crippen LogP contribution in [0.5, 0.6) is 0 Å². The molecule has 1 aliphatic carbocycles. The molecule has 98 valence electrons. The first-order valence-corrected chi connectivity index (χ1v) is 6.52. The average Bonchev–Trinajstić information content (AvgIpc) is 2.40. The standard InChI is InChI=1S/C11H23N5O/c12-14-11(13-10-4-2-1-3-5-10)15-16-6-8-17-9-7-16/h10H,1-9,12H2,(H2,13,14,15). The van der Waals surface area contributed by atoms with Gasteiger partial charge < -0.3 is 4.74 Å². The van der Waals surface area contributed by atoms with Gasteiger partial charge in [-0.3, -0.25) is 10.9 Å². The molecule has 0 aromatic heterocycles. The van der Waals surface area contributed by atoms with Crippen molar-refractivity contribution in [3.63, 3.8) is 0 Å². The molecule has 1 saturated heterocycles. The molecule has 2 aliphatic rings. The van der Waals surface area contributed by atoms with Gasteiger partial charge in [0, 0.05) is 13.1 Å². The summed E-state index contributed by atoms with van der Waals surface area (Å²) in [4.78, 5) is 4.64. The van der Waals surface area contributed by atoms with E-state index in [4.69, 9.17) is 10.6 Å². The lowest BCUT2D eigenvalue weighted by molar-refractivity contribution is 0.0241. The molecule has 6 nitrogen and oxygen atoms in total. The predicted octanol–water partition coefficient (Wildman–Crippen LogP) is -0.0248. The maximum absolute atomic E-state index is 5.51. The summed E-state index contributed by atoms with van der Waals surface area (Å²) in [7, 11) is 0. The summed E-state index contributed by atoms with van der Waals surface area (Å²) in [5.41, 5.74) is 5.87. The molecule has 1 saturated carbocycles. The first kappa shape index (κ1) is 12.6. The highest BCUT2D eigenvalue weighted by Crippen LogP contribution is 2.19. The maximum Gasteiger partial charge on any atom is 0.220 e. The fraction of sp³-hybridized carbons (Fsp3) is 0.909. The van der Waals surface area contributed by atoms with E-state index in [2.05, 4.69) is 20.9 Å².